The van der Waals surface area contributed by atoms with Crippen molar-refractivity contribution in [2.24, 2.45) is 0 Å². The van der Waals surface area contributed by atoms with E-state index in [0.29, 0.717) is 5.30 Å². The Kier molecular flexibility index (Phi) is 3.76. The molecule has 0 saturated carbocycles. The maximum atomic E-state index is 12.3. The first kappa shape index (κ1) is 8.87. The summed E-state index contributed by atoms with van der Waals surface area (Å²) < 4.78 is 12.3. The zero-order valence-corrected chi connectivity index (χ0v) is 6.64. The van der Waals surface area contributed by atoms with E-state index in [9.17, 15) is 4.39 Å². The van der Waals surface area contributed by atoms with Crippen LogP contribution in [0.2, 0.25) is 0 Å². The van der Waals surface area contributed by atoms with Crippen LogP contribution in [0.5, 0.6) is 0 Å². The lowest BCUT2D eigenvalue weighted by Gasteiger charge is -1.89. The molecule has 1 rings (SSSR count). The summed E-state index contributed by atoms with van der Waals surface area (Å²) in [5.41, 5.74) is 0. The second-order valence-corrected chi connectivity index (χ2v) is 2.14. The van der Waals surface area contributed by atoms with E-state index < -0.39 is 0 Å². The van der Waals surface area contributed by atoms with Crippen molar-refractivity contribution >= 4 is 27.0 Å². The number of hydrogen-bond donors (Lipinski definition) is 0. The first-order valence-electron chi connectivity index (χ1n) is 2.31. The van der Waals surface area contributed by atoms with Gasteiger partial charge in [-0.2, -0.15) is 0 Å². The zero-order chi connectivity index (χ0) is 5.98. The van der Waals surface area contributed by atoms with Gasteiger partial charge in [0, 0.05) is 5.30 Å². The normalized spacial score (nSPS) is 8.22. The Bertz CT molecular complexity index is 169. The number of rotatable bonds is 0. The van der Waals surface area contributed by atoms with Gasteiger partial charge in [-0.3, -0.25) is 0 Å². The Morgan fingerprint density at radius 2 is 1.78 bits per heavy atom. The quantitative estimate of drug-likeness (QED) is 0.513. The molecular weight excluding hydrogens is 157 g/mol. The second kappa shape index (κ2) is 3.81. The third kappa shape index (κ3) is 2.30. The van der Waals surface area contributed by atoms with Crippen LogP contribution in [0.3, 0.4) is 0 Å². The van der Waals surface area contributed by atoms with Gasteiger partial charge in [0.1, 0.15) is 5.82 Å². The fraction of sp³-hybridized carbons (Fsp3) is 0. The van der Waals surface area contributed by atoms with Gasteiger partial charge in [0.25, 0.3) is 0 Å². The Morgan fingerprint density at radius 3 is 2.11 bits per heavy atom. The zero-order valence-electron chi connectivity index (χ0n) is 4.67. The van der Waals surface area contributed by atoms with Crippen LogP contribution in [0.25, 0.3) is 0 Å². The standard InChI is InChI=1S/C6H6FP.ClH/c7-5-3-1-2-4-6(5)8;/h1-4H,8H2;1H. The Balaban J connectivity index is 0.000000640. The molecule has 0 bridgehead atoms. The molecule has 0 heterocycles. The van der Waals surface area contributed by atoms with Crippen molar-refractivity contribution in [3.8, 4) is 0 Å². The van der Waals surface area contributed by atoms with Gasteiger partial charge in [-0.05, 0) is 6.07 Å². The topological polar surface area (TPSA) is 0 Å². The summed E-state index contributed by atoms with van der Waals surface area (Å²) in [6, 6.07) is 6.61. The van der Waals surface area contributed by atoms with Crippen LogP contribution >= 0.6 is 21.6 Å². The minimum atomic E-state index is -0.169. The summed E-state index contributed by atoms with van der Waals surface area (Å²) in [5, 5.41) is 0.618. The third-order valence-corrected chi connectivity index (χ3v) is 1.37. The lowest BCUT2D eigenvalue weighted by Crippen LogP contribution is -1.94. The van der Waals surface area contributed by atoms with E-state index in [1.807, 2.05) is 0 Å². The van der Waals surface area contributed by atoms with Crippen molar-refractivity contribution in [1.82, 2.24) is 0 Å². The largest absolute Gasteiger partial charge is 0.206 e. The van der Waals surface area contributed by atoms with E-state index in [1.165, 1.54) is 6.07 Å². The van der Waals surface area contributed by atoms with Gasteiger partial charge in [-0.25, -0.2) is 4.39 Å². The van der Waals surface area contributed by atoms with E-state index in [0.717, 1.165) is 0 Å². The molecule has 1 aromatic carbocycles. The molecule has 1 aromatic rings. The Morgan fingerprint density at radius 1 is 1.22 bits per heavy atom. The average molecular weight is 165 g/mol. The molecule has 0 nitrogen and oxygen atoms in total. The number of halogens is 2. The van der Waals surface area contributed by atoms with Crippen LogP contribution in [0, 0.1) is 5.82 Å². The predicted octanol–water partition coefficient (Wildman–Crippen LogP) is 1.75. The minimum absolute atomic E-state index is 0. The molecule has 0 fully saturated rings. The molecule has 1 unspecified atom stereocenters. The van der Waals surface area contributed by atoms with Gasteiger partial charge in [-0.1, -0.05) is 18.2 Å². The van der Waals surface area contributed by atoms with Crippen LogP contribution in [0.1, 0.15) is 0 Å². The van der Waals surface area contributed by atoms with Gasteiger partial charge in [-0.15, -0.1) is 21.6 Å². The molecule has 50 valence electrons. The maximum Gasteiger partial charge on any atom is 0.130 e. The molecule has 0 aliphatic rings. The predicted molar refractivity (Wildman–Crippen MR) is 43.0 cm³/mol. The lowest BCUT2D eigenvalue weighted by molar-refractivity contribution is 0.636. The van der Waals surface area contributed by atoms with E-state index in [2.05, 4.69) is 9.24 Å². The van der Waals surface area contributed by atoms with Crippen LogP contribution in [-0.4, -0.2) is 0 Å². The van der Waals surface area contributed by atoms with Gasteiger partial charge >= 0.3 is 0 Å². The number of hydrogen-bond acceptors (Lipinski definition) is 0. The molecule has 0 amide bonds. The smallest absolute Gasteiger partial charge is 0.130 e. The first-order chi connectivity index (χ1) is 3.80. The Labute approximate surface area is 62.1 Å². The summed E-state index contributed by atoms with van der Waals surface area (Å²) >= 11 is 0. The summed E-state index contributed by atoms with van der Waals surface area (Å²) in [6.45, 7) is 0. The second-order valence-electron chi connectivity index (χ2n) is 1.52. The molecule has 1 atom stereocenters. The van der Waals surface area contributed by atoms with Crippen LogP contribution in [-0.2, 0) is 0 Å². The fourth-order valence-electron chi connectivity index (χ4n) is 0.475. The van der Waals surface area contributed by atoms with Crippen molar-refractivity contribution in [1.29, 1.82) is 0 Å². The average Bonchev–Trinajstić information content (AvgIpc) is 1.77. The molecule has 0 spiro atoms. The SMILES string of the molecule is Cl.Fc1ccccc1P. The highest BCUT2D eigenvalue weighted by Crippen LogP contribution is 1.95. The molecule has 0 radical (unpaired) electrons. The van der Waals surface area contributed by atoms with Gasteiger partial charge in [0.2, 0.25) is 0 Å². The molecule has 0 aromatic heterocycles. The molecular formula is C6H7ClFP. The molecule has 3 heteroatoms. The highest BCUT2D eigenvalue weighted by Gasteiger charge is 1.88. The van der Waals surface area contributed by atoms with Gasteiger partial charge < -0.3 is 0 Å². The third-order valence-electron chi connectivity index (χ3n) is 0.905. The van der Waals surface area contributed by atoms with Crippen molar-refractivity contribution in [2.75, 3.05) is 0 Å². The summed E-state index contributed by atoms with van der Waals surface area (Å²) in [6.07, 6.45) is 0. The van der Waals surface area contributed by atoms with Crippen molar-refractivity contribution in [3.05, 3.63) is 30.1 Å². The fourth-order valence-corrected chi connectivity index (χ4v) is 0.682. The molecule has 9 heavy (non-hydrogen) atoms. The molecule has 0 aliphatic heterocycles. The van der Waals surface area contributed by atoms with Crippen molar-refractivity contribution in [2.45, 2.75) is 0 Å². The van der Waals surface area contributed by atoms with Crippen LogP contribution in [0.4, 0.5) is 4.39 Å². The molecule has 0 aliphatic carbocycles. The number of benzene rings is 1. The molecule has 0 saturated heterocycles. The highest BCUT2D eigenvalue weighted by molar-refractivity contribution is 7.27. The van der Waals surface area contributed by atoms with E-state index in [-0.39, 0.29) is 18.2 Å². The van der Waals surface area contributed by atoms with Gasteiger partial charge in [0.15, 0.2) is 0 Å². The maximum absolute atomic E-state index is 12.3. The lowest BCUT2D eigenvalue weighted by atomic mass is 10.3. The monoisotopic (exact) mass is 164 g/mol. The van der Waals surface area contributed by atoms with Crippen molar-refractivity contribution < 1.29 is 4.39 Å². The van der Waals surface area contributed by atoms with Crippen LogP contribution < -0.4 is 5.30 Å². The highest BCUT2D eigenvalue weighted by atomic mass is 35.5. The van der Waals surface area contributed by atoms with Crippen molar-refractivity contribution in [3.63, 3.8) is 0 Å². The summed E-state index contributed by atoms with van der Waals surface area (Å²) in [5.74, 6) is -0.169. The Hall–Kier alpha value is -0.130. The minimum Gasteiger partial charge on any atom is -0.206 e. The van der Waals surface area contributed by atoms with E-state index in [4.69, 9.17) is 0 Å². The summed E-state index contributed by atoms with van der Waals surface area (Å²) in [4.78, 5) is 0. The van der Waals surface area contributed by atoms with Crippen LogP contribution in [0.15, 0.2) is 24.3 Å². The summed E-state index contributed by atoms with van der Waals surface area (Å²) in [7, 11) is 2.31. The van der Waals surface area contributed by atoms with E-state index in [1.54, 1.807) is 18.2 Å². The molecule has 0 N–H and O–H groups in total. The van der Waals surface area contributed by atoms with E-state index >= 15 is 0 Å². The van der Waals surface area contributed by atoms with Gasteiger partial charge in [0.05, 0.1) is 0 Å². The first-order valence-corrected chi connectivity index (χ1v) is 2.88.